The molecule has 5 heterocycles. The lowest BCUT2D eigenvalue weighted by Crippen LogP contribution is -2.57. The van der Waals surface area contributed by atoms with Crippen molar-refractivity contribution in [3.8, 4) is 0 Å². The van der Waals surface area contributed by atoms with Gasteiger partial charge in [-0.2, -0.15) is 0 Å². The predicted octanol–water partition coefficient (Wildman–Crippen LogP) is 1.33. The highest BCUT2D eigenvalue weighted by molar-refractivity contribution is 8.26. The Kier molecular flexibility index (Phi) is 7.77. The third kappa shape index (κ3) is 5.18. The molecule has 2 aromatic rings. The average molecular weight is 558 g/mol. The van der Waals surface area contributed by atoms with Gasteiger partial charge in [-0.3, -0.25) is 28.5 Å². The van der Waals surface area contributed by atoms with Gasteiger partial charge < -0.3 is 19.7 Å². The van der Waals surface area contributed by atoms with E-state index in [0.29, 0.717) is 36.2 Å². The van der Waals surface area contributed by atoms with Crippen molar-refractivity contribution < 1.29 is 23.9 Å². The molecule has 200 valence electrons. The highest BCUT2D eigenvalue weighted by atomic mass is 32.2. The van der Waals surface area contributed by atoms with E-state index in [-0.39, 0.29) is 47.2 Å². The summed E-state index contributed by atoms with van der Waals surface area (Å²) in [6.45, 7) is 3.51. The van der Waals surface area contributed by atoms with E-state index >= 15 is 0 Å². The fourth-order valence-electron chi connectivity index (χ4n) is 4.77. The number of ether oxygens (including phenoxy) is 2. The molecule has 0 bridgehead atoms. The van der Waals surface area contributed by atoms with Crippen LogP contribution in [0.4, 0.5) is 5.82 Å². The van der Waals surface area contributed by atoms with Crippen LogP contribution in [0.15, 0.2) is 34.1 Å². The molecule has 0 aromatic carbocycles. The topological polar surface area (TPSA) is 123 Å². The molecule has 3 saturated heterocycles. The summed E-state index contributed by atoms with van der Waals surface area (Å²) in [7, 11) is 0. The summed E-state index contributed by atoms with van der Waals surface area (Å²) in [4.78, 5) is 60.4. The van der Waals surface area contributed by atoms with Crippen molar-refractivity contribution in [3.63, 3.8) is 0 Å². The molecule has 3 aliphatic rings. The Morgan fingerprint density at radius 2 is 2.18 bits per heavy atom. The Morgan fingerprint density at radius 3 is 2.95 bits per heavy atom. The number of amides is 2. The molecule has 2 atom stereocenters. The van der Waals surface area contributed by atoms with E-state index in [2.05, 4.69) is 5.32 Å². The number of nitrogens with zero attached hydrogens (tertiary/aromatic N) is 4. The van der Waals surface area contributed by atoms with Crippen molar-refractivity contribution in [2.75, 3.05) is 37.7 Å². The summed E-state index contributed by atoms with van der Waals surface area (Å²) in [6.07, 6.45) is 4.60. The molecule has 3 fully saturated rings. The number of aromatic nitrogens is 2. The van der Waals surface area contributed by atoms with Crippen LogP contribution < -0.4 is 15.8 Å². The van der Waals surface area contributed by atoms with Gasteiger partial charge in [-0.05, 0) is 38.0 Å². The van der Waals surface area contributed by atoms with Crippen molar-refractivity contribution in [3.05, 3.63) is 45.2 Å². The second-order valence-electron chi connectivity index (χ2n) is 9.02. The van der Waals surface area contributed by atoms with Gasteiger partial charge in [0.05, 0.1) is 36.1 Å². The zero-order valence-electron chi connectivity index (χ0n) is 20.8. The van der Waals surface area contributed by atoms with Crippen LogP contribution in [0.25, 0.3) is 11.7 Å². The summed E-state index contributed by atoms with van der Waals surface area (Å²) in [5.41, 5.74) is 0.0992. The SMILES string of the molecule is CCOC(=O)C[C@@H]1C(=O)NCCN1c1nc2ccccn2c(=O)c1/C=C1\SC(=S)N(C[C@H]2CCCO2)C1=O. The number of pyridine rings is 1. The molecule has 11 nitrogen and oxygen atoms in total. The van der Waals surface area contributed by atoms with Crippen LogP contribution >= 0.6 is 24.0 Å². The molecule has 3 aliphatic heterocycles. The highest BCUT2D eigenvalue weighted by Crippen LogP contribution is 2.35. The van der Waals surface area contributed by atoms with E-state index in [4.69, 9.17) is 26.7 Å². The number of carbonyl (C=O) groups excluding carboxylic acids is 3. The van der Waals surface area contributed by atoms with E-state index in [1.807, 2.05) is 0 Å². The molecule has 2 aromatic heterocycles. The predicted molar refractivity (Wildman–Crippen MR) is 146 cm³/mol. The van der Waals surface area contributed by atoms with Crippen molar-refractivity contribution >= 4 is 63.6 Å². The van der Waals surface area contributed by atoms with Crippen molar-refractivity contribution in [1.82, 2.24) is 19.6 Å². The van der Waals surface area contributed by atoms with Crippen LogP contribution in [0, 0.1) is 0 Å². The van der Waals surface area contributed by atoms with E-state index < -0.39 is 17.6 Å². The molecular formula is C25H27N5O6S2. The summed E-state index contributed by atoms with van der Waals surface area (Å²) in [6, 6.07) is 4.21. The molecule has 5 rings (SSSR count). The van der Waals surface area contributed by atoms with E-state index in [1.54, 1.807) is 36.2 Å². The fourth-order valence-corrected chi connectivity index (χ4v) is 6.02. The van der Waals surface area contributed by atoms with E-state index in [9.17, 15) is 19.2 Å². The van der Waals surface area contributed by atoms with Gasteiger partial charge in [-0.1, -0.05) is 30.0 Å². The average Bonchev–Trinajstić information content (AvgIpc) is 3.51. The zero-order chi connectivity index (χ0) is 26.8. The summed E-state index contributed by atoms with van der Waals surface area (Å²) in [5.74, 6) is -0.991. The third-order valence-electron chi connectivity index (χ3n) is 6.58. The number of thiocarbonyl (C=S) groups is 1. The smallest absolute Gasteiger partial charge is 0.308 e. The molecular weight excluding hydrogens is 530 g/mol. The second kappa shape index (κ2) is 11.2. The van der Waals surface area contributed by atoms with Gasteiger partial charge in [0, 0.05) is 25.9 Å². The van der Waals surface area contributed by atoms with Gasteiger partial charge in [-0.15, -0.1) is 0 Å². The normalized spacial score (nSPS) is 23.0. The summed E-state index contributed by atoms with van der Waals surface area (Å²) >= 11 is 6.59. The standard InChI is InChI=1S/C25H27N5O6S2/c1-2-35-20(31)13-17-22(32)26-8-10-28(17)21-16(23(33)29-9-4-3-7-19(29)27-21)12-18-24(34)30(25(37)38-18)14-15-6-5-11-36-15/h3-4,7,9,12,15,17H,2,5-6,8,10-11,13-14H2,1H3,(H,26,32)/b18-12-/t15-,17-/m1/s1. The lowest BCUT2D eigenvalue weighted by atomic mass is 10.1. The lowest BCUT2D eigenvalue weighted by molar-refractivity contribution is -0.145. The molecule has 0 unspecified atom stereocenters. The zero-order valence-corrected chi connectivity index (χ0v) is 22.4. The quantitative estimate of drug-likeness (QED) is 0.303. The first-order chi connectivity index (χ1) is 18.4. The first-order valence-corrected chi connectivity index (χ1v) is 13.7. The largest absolute Gasteiger partial charge is 0.466 e. The minimum Gasteiger partial charge on any atom is -0.466 e. The molecule has 2 amide bonds. The second-order valence-corrected chi connectivity index (χ2v) is 10.7. The van der Waals surface area contributed by atoms with Crippen molar-refractivity contribution in [2.45, 2.75) is 38.3 Å². The van der Waals surface area contributed by atoms with Crippen LogP contribution in [-0.2, 0) is 23.9 Å². The lowest BCUT2D eigenvalue weighted by Gasteiger charge is -2.36. The molecule has 0 radical (unpaired) electrons. The van der Waals surface area contributed by atoms with E-state index in [0.717, 1.165) is 24.6 Å². The number of fused-ring (bicyclic) bond motifs is 1. The molecule has 1 N–H and O–H groups in total. The summed E-state index contributed by atoms with van der Waals surface area (Å²) < 4.78 is 12.5. The van der Waals surface area contributed by atoms with Crippen LogP contribution in [-0.4, -0.2) is 81.4 Å². The van der Waals surface area contributed by atoms with Gasteiger partial charge in [0.2, 0.25) is 5.91 Å². The van der Waals surface area contributed by atoms with Gasteiger partial charge in [0.1, 0.15) is 21.8 Å². The van der Waals surface area contributed by atoms with Crippen LogP contribution in [0.5, 0.6) is 0 Å². The number of hydrogen-bond donors (Lipinski definition) is 1. The monoisotopic (exact) mass is 557 g/mol. The van der Waals surface area contributed by atoms with Crippen molar-refractivity contribution in [2.24, 2.45) is 0 Å². The fraction of sp³-hybridized carbons (Fsp3) is 0.440. The minimum atomic E-state index is -0.929. The number of anilines is 1. The molecule has 13 heteroatoms. The highest BCUT2D eigenvalue weighted by Gasteiger charge is 2.37. The van der Waals surface area contributed by atoms with Gasteiger partial charge in [0.25, 0.3) is 11.5 Å². The first kappa shape index (κ1) is 26.3. The maximum absolute atomic E-state index is 13.7. The van der Waals surface area contributed by atoms with Gasteiger partial charge >= 0.3 is 5.97 Å². The Balaban J connectivity index is 1.57. The maximum Gasteiger partial charge on any atom is 0.308 e. The molecule has 0 aliphatic carbocycles. The first-order valence-electron chi connectivity index (χ1n) is 12.5. The number of thioether (sulfide) groups is 1. The van der Waals surface area contributed by atoms with Crippen molar-refractivity contribution in [1.29, 1.82) is 0 Å². The van der Waals surface area contributed by atoms with E-state index in [1.165, 1.54) is 15.4 Å². The Labute approximate surface area is 228 Å². The number of piperazine rings is 1. The Morgan fingerprint density at radius 1 is 1.34 bits per heavy atom. The number of rotatable bonds is 7. The number of nitrogens with one attached hydrogen (secondary N) is 1. The maximum atomic E-state index is 13.7. The molecule has 0 saturated carbocycles. The number of hydrogen-bond acceptors (Lipinski definition) is 10. The van der Waals surface area contributed by atoms with Crippen LogP contribution in [0.1, 0.15) is 31.7 Å². The van der Waals surface area contributed by atoms with Gasteiger partial charge in [0.15, 0.2) is 0 Å². The number of esters is 1. The number of carbonyl (C=O) groups is 3. The molecule has 38 heavy (non-hydrogen) atoms. The Hall–Kier alpha value is -3.29. The third-order valence-corrected chi connectivity index (χ3v) is 7.95. The summed E-state index contributed by atoms with van der Waals surface area (Å²) in [5, 5.41) is 2.77. The molecule has 0 spiro atoms. The van der Waals surface area contributed by atoms with Gasteiger partial charge in [-0.25, -0.2) is 4.98 Å². The van der Waals surface area contributed by atoms with Crippen LogP contribution in [0.2, 0.25) is 0 Å². The minimum absolute atomic E-state index is 0.0733. The van der Waals surface area contributed by atoms with Crippen LogP contribution in [0.3, 0.4) is 0 Å². The Bertz CT molecular complexity index is 1390.